The van der Waals surface area contributed by atoms with Crippen LogP contribution >= 0.6 is 0 Å². The SMILES string of the molecule is Cc1cccc(OCC(=O)Nc2ccc(S(=O)(=O)N3CCOCC3)cc2)c1C. The summed E-state index contributed by atoms with van der Waals surface area (Å²) in [7, 11) is -3.55. The van der Waals surface area contributed by atoms with E-state index >= 15 is 0 Å². The Labute approximate surface area is 165 Å². The number of hydrogen-bond donors (Lipinski definition) is 1. The Bertz CT molecular complexity index is 936. The Balaban J connectivity index is 1.59. The molecule has 1 heterocycles. The lowest BCUT2D eigenvalue weighted by Crippen LogP contribution is -2.40. The highest BCUT2D eigenvalue weighted by molar-refractivity contribution is 7.89. The van der Waals surface area contributed by atoms with Crippen molar-refractivity contribution in [1.82, 2.24) is 4.31 Å². The van der Waals surface area contributed by atoms with Crippen LogP contribution in [-0.2, 0) is 19.6 Å². The van der Waals surface area contributed by atoms with Gasteiger partial charge in [-0.05, 0) is 55.3 Å². The van der Waals surface area contributed by atoms with Gasteiger partial charge in [-0.2, -0.15) is 4.31 Å². The first-order chi connectivity index (χ1) is 13.4. The van der Waals surface area contributed by atoms with Crippen LogP contribution in [0.15, 0.2) is 47.4 Å². The molecule has 0 spiro atoms. The summed E-state index contributed by atoms with van der Waals surface area (Å²) in [6.07, 6.45) is 0. The van der Waals surface area contributed by atoms with E-state index in [-0.39, 0.29) is 17.4 Å². The van der Waals surface area contributed by atoms with Crippen LogP contribution in [0.25, 0.3) is 0 Å². The van der Waals surface area contributed by atoms with Gasteiger partial charge in [0.15, 0.2) is 6.61 Å². The Morgan fingerprint density at radius 1 is 1.11 bits per heavy atom. The number of amides is 1. The van der Waals surface area contributed by atoms with E-state index in [0.29, 0.717) is 37.7 Å². The fraction of sp³-hybridized carbons (Fsp3) is 0.350. The predicted molar refractivity (Wildman–Crippen MR) is 106 cm³/mol. The minimum Gasteiger partial charge on any atom is -0.483 e. The molecular formula is C20H24N2O5S. The van der Waals surface area contributed by atoms with E-state index in [0.717, 1.165) is 11.1 Å². The van der Waals surface area contributed by atoms with Crippen molar-refractivity contribution in [3.8, 4) is 5.75 Å². The minimum atomic E-state index is -3.55. The van der Waals surface area contributed by atoms with E-state index in [2.05, 4.69) is 5.32 Å². The van der Waals surface area contributed by atoms with E-state index < -0.39 is 10.0 Å². The van der Waals surface area contributed by atoms with Gasteiger partial charge >= 0.3 is 0 Å². The third kappa shape index (κ3) is 4.70. The van der Waals surface area contributed by atoms with Crippen LogP contribution in [0.2, 0.25) is 0 Å². The summed E-state index contributed by atoms with van der Waals surface area (Å²) in [6, 6.07) is 11.8. The summed E-state index contributed by atoms with van der Waals surface area (Å²) in [5.41, 5.74) is 2.60. The van der Waals surface area contributed by atoms with Crippen LogP contribution in [0, 0.1) is 13.8 Å². The number of nitrogens with zero attached hydrogens (tertiary/aromatic N) is 1. The lowest BCUT2D eigenvalue weighted by molar-refractivity contribution is -0.118. The molecule has 0 atom stereocenters. The summed E-state index contributed by atoms with van der Waals surface area (Å²) in [6.45, 7) is 5.28. The fourth-order valence-electron chi connectivity index (χ4n) is 2.87. The maximum absolute atomic E-state index is 12.6. The van der Waals surface area contributed by atoms with Gasteiger partial charge < -0.3 is 14.8 Å². The number of rotatable bonds is 6. The highest BCUT2D eigenvalue weighted by Gasteiger charge is 2.26. The number of carbonyl (C=O) groups is 1. The average molecular weight is 404 g/mol. The van der Waals surface area contributed by atoms with Crippen molar-refractivity contribution >= 4 is 21.6 Å². The fourth-order valence-corrected chi connectivity index (χ4v) is 4.28. The first-order valence-electron chi connectivity index (χ1n) is 9.05. The van der Waals surface area contributed by atoms with Gasteiger partial charge in [-0.25, -0.2) is 8.42 Å². The Morgan fingerprint density at radius 2 is 1.79 bits per heavy atom. The number of benzene rings is 2. The van der Waals surface area contributed by atoms with Gasteiger partial charge in [-0.15, -0.1) is 0 Å². The van der Waals surface area contributed by atoms with Crippen LogP contribution in [0.4, 0.5) is 5.69 Å². The molecule has 1 aliphatic rings. The molecule has 1 N–H and O–H groups in total. The van der Waals surface area contributed by atoms with E-state index in [1.165, 1.54) is 16.4 Å². The molecule has 0 saturated carbocycles. The smallest absolute Gasteiger partial charge is 0.262 e. The number of sulfonamides is 1. The molecule has 2 aromatic carbocycles. The Hall–Kier alpha value is -2.42. The third-order valence-electron chi connectivity index (χ3n) is 4.66. The van der Waals surface area contributed by atoms with Crippen molar-refractivity contribution in [2.45, 2.75) is 18.7 Å². The highest BCUT2D eigenvalue weighted by Crippen LogP contribution is 2.21. The zero-order valence-electron chi connectivity index (χ0n) is 16.0. The molecule has 1 fully saturated rings. The molecule has 150 valence electrons. The normalized spacial score (nSPS) is 15.2. The Kier molecular flexibility index (Phi) is 6.33. The van der Waals surface area contributed by atoms with Crippen LogP contribution in [0.1, 0.15) is 11.1 Å². The topological polar surface area (TPSA) is 84.9 Å². The second-order valence-corrected chi connectivity index (χ2v) is 8.51. The number of morpholine rings is 1. The first kappa shape index (κ1) is 20.3. The molecule has 28 heavy (non-hydrogen) atoms. The van der Waals surface area contributed by atoms with Gasteiger partial charge in [0, 0.05) is 18.8 Å². The molecule has 0 aliphatic carbocycles. The summed E-state index contributed by atoms with van der Waals surface area (Å²) >= 11 is 0. The number of anilines is 1. The summed E-state index contributed by atoms with van der Waals surface area (Å²) < 4.78 is 37.4. The van der Waals surface area contributed by atoms with Crippen molar-refractivity contribution < 1.29 is 22.7 Å². The van der Waals surface area contributed by atoms with Crippen molar-refractivity contribution in [3.63, 3.8) is 0 Å². The lowest BCUT2D eigenvalue weighted by atomic mass is 10.1. The van der Waals surface area contributed by atoms with Crippen LogP contribution in [0.5, 0.6) is 5.75 Å². The van der Waals surface area contributed by atoms with Gasteiger partial charge in [0.25, 0.3) is 5.91 Å². The van der Waals surface area contributed by atoms with Gasteiger partial charge in [-0.1, -0.05) is 12.1 Å². The van der Waals surface area contributed by atoms with Crippen molar-refractivity contribution in [1.29, 1.82) is 0 Å². The monoisotopic (exact) mass is 404 g/mol. The summed E-state index contributed by atoms with van der Waals surface area (Å²) in [4.78, 5) is 12.3. The zero-order chi connectivity index (χ0) is 20.1. The van der Waals surface area contributed by atoms with Crippen molar-refractivity contribution in [3.05, 3.63) is 53.6 Å². The minimum absolute atomic E-state index is 0.127. The van der Waals surface area contributed by atoms with Gasteiger partial charge in [0.1, 0.15) is 5.75 Å². The molecular weight excluding hydrogens is 380 g/mol. The van der Waals surface area contributed by atoms with Crippen molar-refractivity contribution in [2.75, 3.05) is 38.2 Å². The molecule has 1 aliphatic heterocycles. The molecule has 0 unspecified atom stereocenters. The van der Waals surface area contributed by atoms with Crippen LogP contribution in [-0.4, -0.2) is 51.5 Å². The molecule has 7 nitrogen and oxygen atoms in total. The van der Waals surface area contributed by atoms with E-state index in [9.17, 15) is 13.2 Å². The van der Waals surface area contributed by atoms with E-state index in [4.69, 9.17) is 9.47 Å². The molecule has 3 rings (SSSR count). The summed E-state index contributed by atoms with van der Waals surface area (Å²) in [5, 5.41) is 2.71. The molecule has 8 heteroatoms. The number of carbonyl (C=O) groups excluding carboxylic acids is 1. The van der Waals surface area contributed by atoms with Gasteiger partial charge in [-0.3, -0.25) is 4.79 Å². The highest BCUT2D eigenvalue weighted by atomic mass is 32.2. The lowest BCUT2D eigenvalue weighted by Gasteiger charge is -2.26. The second-order valence-electron chi connectivity index (χ2n) is 6.58. The van der Waals surface area contributed by atoms with E-state index in [1.807, 2.05) is 32.0 Å². The largest absolute Gasteiger partial charge is 0.483 e. The molecule has 0 radical (unpaired) electrons. The van der Waals surface area contributed by atoms with Crippen LogP contribution < -0.4 is 10.1 Å². The second kappa shape index (κ2) is 8.72. The van der Waals surface area contributed by atoms with Crippen molar-refractivity contribution in [2.24, 2.45) is 0 Å². The number of aryl methyl sites for hydroxylation is 1. The molecule has 0 bridgehead atoms. The average Bonchev–Trinajstić information content (AvgIpc) is 2.70. The quantitative estimate of drug-likeness (QED) is 0.799. The molecule has 1 amide bonds. The first-order valence-corrected chi connectivity index (χ1v) is 10.5. The summed E-state index contributed by atoms with van der Waals surface area (Å²) in [5.74, 6) is 0.354. The maximum atomic E-state index is 12.6. The van der Waals surface area contributed by atoms with Gasteiger partial charge in [0.2, 0.25) is 10.0 Å². The Morgan fingerprint density at radius 3 is 2.46 bits per heavy atom. The third-order valence-corrected chi connectivity index (χ3v) is 6.57. The maximum Gasteiger partial charge on any atom is 0.262 e. The van der Waals surface area contributed by atoms with Gasteiger partial charge in [0.05, 0.1) is 18.1 Å². The zero-order valence-corrected chi connectivity index (χ0v) is 16.8. The number of nitrogens with one attached hydrogen (secondary N) is 1. The number of ether oxygens (including phenoxy) is 2. The standard InChI is InChI=1S/C20H24N2O5S/c1-15-4-3-5-19(16(15)2)27-14-20(23)21-17-6-8-18(9-7-17)28(24,25)22-10-12-26-13-11-22/h3-9H,10-14H2,1-2H3,(H,21,23). The number of hydrogen-bond acceptors (Lipinski definition) is 5. The molecule has 2 aromatic rings. The van der Waals surface area contributed by atoms with E-state index in [1.54, 1.807) is 12.1 Å². The molecule has 0 aromatic heterocycles. The van der Waals surface area contributed by atoms with Crippen LogP contribution in [0.3, 0.4) is 0 Å². The molecule has 1 saturated heterocycles. The predicted octanol–water partition coefficient (Wildman–Crippen LogP) is 2.34.